The van der Waals surface area contributed by atoms with Crippen molar-refractivity contribution in [2.24, 2.45) is 11.1 Å². The quantitative estimate of drug-likeness (QED) is 0.868. The van der Waals surface area contributed by atoms with E-state index in [-0.39, 0.29) is 5.91 Å². The summed E-state index contributed by atoms with van der Waals surface area (Å²) in [4.78, 5) is 15.4. The van der Waals surface area contributed by atoms with Crippen LogP contribution in [0.25, 0.3) is 0 Å². The van der Waals surface area contributed by atoms with Crippen LogP contribution in [0.1, 0.15) is 10.4 Å². The Balaban J connectivity index is 1.90. The monoisotopic (exact) mass is 268 g/mol. The largest absolute Gasteiger partial charge is 0.379 e. The van der Waals surface area contributed by atoms with Crippen LogP contribution >= 0.6 is 11.3 Å². The highest BCUT2D eigenvalue weighted by Crippen LogP contribution is 2.28. The molecule has 2 rings (SSSR count). The van der Waals surface area contributed by atoms with Crippen LogP contribution in [0.5, 0.6) is 0 Å². The molecule has 0 unspecified atom stereocenters. The van der Waals surface area contributed by atoms with Gasteiger partial charge in [-0.3, -0.25) is 4.79 Å². The van der Waals surface area contributed by atoms with Gasteiger partial charge in [0.25, 0.3) is 0 Å². The summed E-state index contributed by atoms with van der Waals surface area (Å²) in [5.41, 5.74) is 6.54. The zero-order chi connectivity index (χ0) is 13.2. The van der Waals surface area contributed by atoms with Crippen LogP contribution in [0.3, 0.4) is 0 Å². The van der Waals surface area contributed by atoms with Gasteiger partial charge in [0.1, 0.15) is 5.41 Å². The number of nitrogens with two attached hydrogens (primary N) is 1. The van der Waals surface area contributed by atoms with Gasteiger partial charge in [-0.15, -0.1) is 11.3 Å². The fourth-order valence-electron chi connectivity index (χ4n) is 2.11. The Bertz CT molecular complexity index is 421. The number of hydrogen-bond donors (Lipinski definition) is 1. The standard InChI is InChI=1S/C13H20N2O2S/c1-10-4-6-18-11(10)3-5-15(2)12(16)13(7-14)8-17-9-13/h4,6H,3,5,7-9,14H2,1-2H3. The van der Waals surface area contributed by atoms with Crippen LogP contribution in [0, 0.1) is 12.3 Å². The number of ether oxygens (including phenoxy) is 1. The van der Waals surface area contributed by atoms with Gasteiger partial charge < -0.3 is 15.4 Å². The summed E-state index contributed by atoms with van der Waals surface area (Å²) in [5, 5.41) is 2.09. The summed E-state index contributed by atoms with van der Waals surface area (Å²) in [6, 6.07) is 2.11. The van der Waals surface area contributed by atoms with Crippen molar-refractivity contribution in [1.29, 1.82) is 0 Å². The Morgan fingerprint density at radius 3 is 2.78 bits per heavy atom. The maximum atomic E-state index is 12.3. The molecule has 1 amide bonds. The average Bonchev–Trinajstić information content (AvgIpc) is 2.71. The molecule has 1 aliphatic rings. The molecule has 0 atom stereocenters. The maximum Gasteiger partial charge on any atom is 0.234 e. The molecule has 0 aliphatic carbocycles. The van der Waals surface area contributed by atoms with E-state index in [1.54, 1.807) is 16.2 Å². The van der Waals surface area contributed by atoms with Crippen LogP contribution in [-0.4, -0.2) is 44.2 Å². The van der Waals surface area contributed by atoms with Gasteiger partial charge in [-0.25, -0.2) is 0 Å². The summed E-state index contributed by atoms with van der Waals surface area (Å²) in [7, 11) is 1.85. The molecular formula is C13H20N2O2S. The predicted molar refractivity (Wildman–Crippen MR) is 72.7 cm³/mol. The number of rotatable bonds is 5. The normalized spacial score (nSPS) is 17.3. The lowest BCUT2D eigenvalue weighted by Gasteiger charge is -2.41. The molecule has 1 aliphatic heterocycles. The highest BCUT2D eigenvalue weighted by atomic mass is 32.1. The molecule has 5 heteroatoms. The van der Waals surface area contributed by atoms with E-state index in [1.807, 2.05) is 7.05 Å². The molecule has 0 spiro atoms. The minimum atomic E-state index is -0.459. The number of amides is 1. The number of nitrogens with zero attached hydrogens (tertiary/aromatic N) is 1. The van der Waals surface area contributed by atoms with Crippen LogP contribution in [0.4, 0.5) is 0 Å². The Morgan fingerprint density at radius 1 is 1.61 bits per heavy atom. The lowest BCUT2D eigenvalue weighted by molar-refractivity contribution is -0.169. The topological polar surface area (TPSA) is 55.6 Å². The summed E-state index contributed by atoms with van der Waals surface area (Å²) in [6.07, 6.45) is 0.910. The number of thiophene rings is 1. The lowest BCUT2D eigenvalue weighted by Crippen LogP contribution is -2.58. The molecule has 1 aromatic heterocycles. The van der Waals surface area contributed by atoms with Crippen molar-refractivity contribution in [3.63, 3.8) is 0 Å². The van der Waals surface area contributed by atoms with E-state index < -0.39 is 5.41 Å². The highest BCUT2D eigenvalue weighted by molar-refractivity contribution is 7.10. The van der Waals surface area contributed by atoms with E-state index in [0.717, 1.165) is 13.0 Å². The van der Waals surface area contributed by atoms with Gasteiger partial charge >= 0.3 is 0 Å². The number of carbonyl (C=O) groups excluding carboxylic acids is 1. The summed E-state index contributed by atoms with van der Waals surface area (Å²) in [5.74, 6) is 0.116. The third-order valence-corrected chi connectivity index (χ3v) is 4.67. The van der Waals surface area contributed by atoms with Gasteiger partial charge in [-0.2, -0.15) is 0 Å². The van der Waals surface area contributed by atoms with Gasteiger partial charge in [-0.1, -0.05) is 0 Å². The highest BCUT2D eigenvalue weighted by Gasteiger charge is 2.46. The Kier molecular flexibility index (Phi) is 4.04. The molecule has 4 nitrogen and oxygen atoms in total. The van der Waals surface area contributed by atoms with E-state index in [1.165, 1.54) is 10.4 Å². The minimum Gasteiger partial charge on any atom is -0.379 e. The molecule has 2 heterocycles. The molecule has 2 N–H and O–H groups in total. The van der Waals surface area contributed by atoms with Crippen molar-refractivity contribution in [3.8, 4) is 0 Å². The molecule has 0 saturated carbocycles. The second-order valence-corrected chi connectivity index (χ2v) is 5.98. The van der Waals surface area contributed by atoms with Gasteiger partial charge in [0, 0.05) is 25.0 Å². The van der Waals surface area contributed by atoms with Crippen molar-refractivity contribution in [2.45, 2.75) is 13.3 Å². The Hall–Kier alpha value is -0.910. The number of aryl methyl sites for hydroxylation is 1. The molecule has 18 heavy (non-hydrogen) atoms. The van der Waals surface area contributed by atoms with Gasteiger partial charge in [-0.05, 0) is 30.4 Å². The minimum absolute atomic E-state index is 0.116. The van der Waals surface area contributed by atoms with Crippen LogP contribution in [-0.2, 0) is 16.0 Å². The smallest absolute Gasteiger partial charge is 0.234 e. The van der Waals surface area contributed by atoms with E-state index in [9.17, 15) is 4.79 Å². The molecule has 0 bridgehead atoms. The third-order valence-electron chi connectivity index (χ3n) is 3.59. The SMILES string of the molecule is Cc1ccsc1CCN(C)C(=O)C1(CN)COC1. The zero-order valence-electron chi connectivity index (χ0n) is 10.9. The van der Waals surface area contributed by atoms with Crippen LogP contribution in [0.2, 0.25) is 0 Å². The fraction of sp³-hybridized carbons (Fsp3) is 0.615. The van der Waals surface area contributed by atoms with Gasteiger partial charge in [0.2, 0.25) is 5.91 Å². The second-order valence-electron chi connectivity index (χ2n) is 4.98. The van der Waals surface area contributed by atoms with Crippen molar-refractivity contribution < 1.29 is 9.53 Å². The van der Waals surface area contributed by atoms with Crippen molar-refractivity contribution in [2.75, 3.05) is 33.4 Å². The molecule has 1 fully saturated rings. The fourth-order valence-corrected chi connectivity index (χ4v) is 3.01. The predicted octanol–water partition coefficient (Wildman–Crippen LogP) is 1.03. The molecule has 1 saturated heterocycles. The first-order valence-corrected chi connectivity index (χ1v) is 7.03. The van der Waals surface area contributed by atoms with Crippen molar-refractivity contribution in [3.05, 3.63) is 21.9 Å². The van der Waals surface area contributed by atoms with Gasteiger partial charge in [0.15, 0.2) is 0 Å². The summed E-state index contributed by atoms with van der Waals surface area (Å²) >= 11 is 1.75. The first kappa shape index (κ1) is 13.5. The number of hydrogen-bond acceptors (Lipinski definition) is 4. The first-order chi connectivity index (χ1) is 8.59. The summed E-state index contributed by atoms with van der Waals surface area (Å²) < 4.78 is 5.14. The van der Waals surface area contributed by atoms with E-state index in [0.29, 0.717) is 19.8 Å². The lowest BCUT2D eigenvalue weighted by atomic mass is 9.84. The molecule has 100 valence electrons. The number of likely N-dealkylation sites (N-methyl/N-ethyl adjacent to an activating group) is 1. The molecule has 1 aromatic rings. The zero-order valence-corrected chi connectivity index (χ0v) is 11.8. The van der Waals surface area contributed by atoms with E-state index in [4.69, 9.17) is 10.5 Å². The van der Waals surface area contributed by atoms with E-state index in [2.05, 4.69) is 18.4 Å². The Labute approximate surface area is 112 Å². The second kappa shape index (κ2) is 5.38. The van der Waals surface area contributed by atoms with Crippen molar-refractivity contribution >= 4 is 17.2 Å². The molecule has 0 radical (unpaired) electrons. The summed E-state index contributed by atoms with van der Waals surface area (Å²) in [6.45, 7) is 4.14. The first-order valence-electron chi connectivity index (χ1n) is 6.15. The van der Waals surface area contributed by atoms with Crippen molar-refractivity contribution in [1.82, 2.24) is 4.90 Å². The average molecular weight is 268 g/mol. The van der Waals surface area contributed by atoms with Crippen LogP contribution < -0.4 is 5.73 Å². The van der Waals surface area contributed by atoms with Crippen LogP contribution in [0.15, 0.2) is 11.4 Å². The molecule has 0 aromatic carbocycles. The molecular weight excluding hydrogens is 248 g/mol. The van der Waals surface area contributed by atoms with Gasteiger partial charge in [0.05, 0.1) is 13.2 Å². The van der Waals surface area contributed by atoms with E-state index >= 15 is 0 Å². The Morgan fingerprint density at radius 2 is 2.33 bits per heavy atom. The maximum absolute atomic E-state index is 12.3. The third kappa shape index (κ3) is 2.43. The number of carbonyl (C=O) groups is 1.